The summed E-state index contributed by atoms with van der Waals surface area (Å²) in [5.41, 5.74) is 4.52. The predicted molar refractivity (Wildman–Crippen MR) is 56.4 cm³/mol. The van der Waals surface area contributed by atoms with Gasteiger partial charge in [0.2, 0.25) is 0 Å². The molecule has 0 fully saturated rings. The molecule has 0 heterocycles. The van der Waals surface area contributed by atoms with Crippen LogP contribution in [0.5, 0.6) is 0 Å². The number of aliphatic hydroxyl groups excluding tert-OH is 1. The first kappa shape index (κ1) is 10.9. The van der Waals surface area contributed by atoms with Crippen LogP contribution < -0.4 is 0 Å². The van der Waals surface area contributed by atoms with Crippen molar-refractivity contribution in [3.8, 4) is 0 Å². The molecule has 0 unspecified atom stereocenters. The monoisotopic (exact) mass is 192 g/mol. The van der Waals surface area contributed by atoms with Crippen molar-refractivity contribution in [1.29, 1.82) is 0 Å². The lowest BCUT2D eigenvalue weighted by Crippen LogP contribution is -2.09. The standard InChI is InChI=1S/C12H16O2/c1-8-4-9(2)12(10(3)5-8)6-11(14)7-13/h4-5,13H,6-7H2,1-3H3. The van der Waals surface area contributed by atoms with Crippen molar-refractivity contribution < 1.29 is 9.90 Å². The van der Waals surface area contributed by atoms with E-state index in [1.54, 1.807) is 0 Å². The quantitative estimate of drug-likeness (QED) is 0.791. The summed E-state index contributed by atoms with van der Waals surface area (Å²) in [6.07, 6.45) is 0.342. The van der Waals surface area contributed by atoms with E-state index < -0.39 is 0 Å². The van der Waals surface area contributed by atoms with E-state index >= 15 is 0 Å². The summed E-state index contributed by atoms with van der Waals surface area (Å²) < 4.78 is 0. The van der Waals surface area contributed by atoms with E-state index in [1.165, 1.54) is 5.56 Å². The number of ketones is 1. The molecule has 0 saturated carbocycles. The van der Waals surface area contributed by atoms with Crippen LogP contribution in [-0.2, 0) is 11.2 Å². The Bertz CT molecular complexity index is 330. The van der Waals surface area contributed by atoms with Crippen LogP contribution in [-0.4, -0.2) is 17.5 Å². The third-order valence-corrected chi connectivity index (χ3v) is 2.39. The van der Waals surface area contributed by atoms with Gasteiger partial charge in [-0.05, 0) is 37.5 Å². The molecular formula is C12H16O2. The highest BCUT2D eigenvalue weighted by atomic mass is 16.3. The molecule has 1 aromatic carbocycles. The molecule has 0 saturated heterocycles. The number of carbonyl (C=O) groups excluding carboxylic acids is 1. The molecule has 1 N–H and O–H groups in total. The van der Waals surface area contributed by atoms with E-state index in [-0.39, 0.29) is 12.4 Å². The van der Waals surface area contributed by atoms with Gasteiger partial charge < -0.3 is 5.11 Å². The predicted octanol–water partition coefficient (Wildman–Crippen LogP) is 1.72. The second kappa shape index (κ2) is 4.38. The van der Waals surface area contributed by atoms with Gasteiger partial charge in [0.15, 0.2) is 5.78 Å². The molecule has 0 bridgehead atoms. The lowest BCUT2D eigenvalue weighted by molar-refractivity contribution is -0.121. The smallest absolute Gasteiger partial charge is 0.162 e. The molecular weight excluding hydrogens is 176 g/mol. The zero-order valence-corrected chi connectivity index (χ0v) is 8.92. The molecule has 2 nitrogen and oxygen atoms in total. The van der Waals surface area contributed by atoms with Gasteiger partial charge in [-0.15, -0.1) is 0 Å². The van der Waals surface area contributed by atoms with Crippen LogP contribution in [0.25, 0.3) is 0 Å². The lowest BCUT2D eigenvalue weighted by atomic mass is 9.96. The van der Waals surface area contributed by atoms with Crippen LogP contribution in [0.2, 0.25) is 0 Å². The first-order chi connectivity index (χ1) is 6.54. The van der Waals surface area contributed by atoms with Gasteiger partial charge >= 0.3 is 0 Å². The Morgan fingerprint density at radius 2 is 1.71 bits per heavy atom. The summed E-state index contributed by atoms with van der Waals surface area (Å²) in [6.45, 7) is 5.67. The molecule has 0 aromatic heterocycles. The third kappa shape index (κ3) is 2.42. The van der Waals surface area contributed by atoms with Crippen LogP contribution in [0.15, 0.2) is 12.1 Å². The Hall–Kier alpha value is -1.15. The van der Waals surface area contributed by atoms with E-state index in [9.17, 15) is 4.79 Å². The highest BCUT2D eigenvalue weighted by Crippen LogP contribution is 2.16. The number of hydrogen-bond acceptors (Lipinski definition) is 2. The fourth-order valence-electron chi connectivity index (χ4n) is 1.74. The highest BCUT2D eigenvalue weighted by Gasteiger charge is 2.08. The third-order valence-electron chi connectivity index (χ3n) is 2.39. The Labute approximate surface area is 84.6 Å². The van der Waals surface area contributed by atoms with Gasteiger partial charge in [0.05, 0.1) is 0 Å². The maximum absolute atomic E-state index is 11.1. The Balaban J connectivity index is 3.02. The average Bonchev–Trinajstić information content (AvgIpc) is 2.10. The average molecular weight is 192 g/mol. The number of benzene rings is 1. The molecule has 14 heavy (non-hydrogen) atoms. The molecule has 2 heteroatoms. The van der Waals surface area contributed by atoms with Crippen molar-refractivity contribution in [2.45, 2.75) is 27.2 Å². The van der Waals surface area contributed by atoms with Gasteiger partial charge in [0, 0.05) is 6.42 Å². The fourth-order valence-corrected chi connectivity index (χ4v) is 1.74. The number of carbonyl (C=O) groups is 1. The van der Waals surface area contributed by atoms with E-state index in [2.05, 4.69) is 12.1 Å². The molecule has 1 aromatic rings. The second-order valence-corrected chi connectivity index (χ2v) is 3.75. The van der Waals surface area contributed by atoms with Crippen molar-refractivity contribution in [2.24, 2.45) is 0 Å². The Morgan fingerprint density at radius 3 is 2.14 bits per heavy atom. The molecule has 76 valence electrons. The van der Waals surface area contributed by atoms with Gasteiger partial charge in [0.25, 0.3) is 0 Å². The Kier molecular flexibility index (Phi) is 3.42. The summed E-state index contributed by atoms with van der Waals surface area (Å²) >= 11 is 0. The summed E-state index contributed by atoms with van der Waals surface area (Å²) in [5.74, 6) is -0.125. The first-order valence-corrected chi connectivity index (χ1v) is 4.74. The molecule has 0 atom stereocenters. The lowest BCUT2D eigenvalue weighted by Gasteiger charge is -2.09. The zero-order valence-electron chi connectivity index (χ0n) is 8.92. The van der Waals surface area contributed by atoms with Crippen LogP contribution >= 0.6 is 0 Å². The van der Waals surface area contributed by atoms with Crippen molar-refractivity contribution in [3.63, 3.8) is 0 Å². The van der Waals surface area contributed by atoms with Crippen molar-refractivity contribution in [3.05, 3.63) is 34.4 Å². The van der Waals surface area contributed by atoms with Gasteiger partial charge in [-0.25, -0.2) is 0 Å². The van der Waals surface area contributed by atoms with Gasteiger partial charge in [0.1, 0.15) is 6.61 Å². The molecule has 0 spiro atoms. The summed E-state index contributed by atoms with van der Waals surface area (Å²) in [4.78, 5) is 11.1. The number of Topliss-reactive ketones (excluding diaryl/α,β-unsaturated/α-hetero) is 1. The topological polar surface area (TPSA) is 37.3 Å². The van der Waals surface area contributed by atoms with E-state index in [0.29, 0.717) is 6.42 Å². The largest absolute Gasteiger partial charge is 0.389 e. The van der Waals surface area contributed by atoms with Crippen LogP contribution in [0, 0.1) is 20.8 Å². The Morgan fingerprint density at radius 1 is 1.21 bits per heavy atom. The summed E-state index contributed by atoms with van der Waals surface area (Å²) in [7, 11) is 0. The molecule has 0 amide bonds. The van der Waals surface area contributed by atoms with Crippen molar-refractivity contribution >= 4 is 5.78 Å². The van der Waals surface area contributed by atoms with Gasteiger partial charge in [-0.3, -0.25) is 4.79 Å². The zero-order chi connectivity index (χ0) is 10.7. The van der Waals surface area contributed by atoms with E-state index in [4.69, 9.17) is 5.11 Å². The minimum atomic E-state index is -0.368. The van der Waals surface area contributed by atoms with Crippen LogP contribution in [0.1, 0.15) is 22.3 Å². The molecule has 0 aliphatic carbocycles. The number of aliphatic hydroxyl groups is 1. The minimum absolute atomic E-state index is 0.125. The maximum atomic E-state index is 11.1. The normalized spacial score (nSPS) is 10.3. The number of hydrogen-bond donors (Lipinski definition) is 1. The molecule has 0 aliphatic rings. The first-order valence-electron chi connectivity index (χ1n) is 4.74. The maximum Gasteiger partial charge on any atom is 0.162 e. The van der Waals surface area contributed by atoms with Crippen molar-refractivity contribution in [1.82, 2.24) is 0 Å². The van der Waals surface area contributed by atoms with Crippen LogP contribution in [0.3, 0.4) is 0 Å². The van der Waals surface area contributed by atoms with Gasteiger partial charge in [-0.2, -0.15) is 0 Å². The summed E-state index contributed by atoms with van der Waals surface area (Å²) in [6, 6.07) is 4.12. The second-order valence-electron chi connectivity index (χ2n) is 3.75. The van der Waals surface area contributed by atoms with Gasteiger partial charge in [-0.1, -0.05) is 17.7 Å². The molecule has 0 aliphatic heterocycles. The SMILES string of the molecule is Cc1cc(C)c(CC(=O)CO)c(C)c1. The fraction of sp³-hybridized carbons (Fsp3) is 0.417. The van der Waals surface area contributed by atoms with Crippen molar-refractivity contribution in [2.75, 3.05) is 6.61 Å². The number of rotatable bonds is 3. The summed E-state index contributed by atoms with van der Waals surface area (Å²) in [5, 5.41) is 8.68. The van der Waals surface area contributed by atoms with E-state index in [0.717, 1.165) is 16.7 Å². The molecule has 1 rings (SSSR count). The van der Waals surface area contributed by atoms with E-state index in [1.807, 2.05) is 20.8 Å². The van der Waals surface area contributed by atoms with Crippen LogP contribution in [0.4, 0.5) is 0 Å². The number of aryl methyl sites for hydroxylation is 3. The molecule has 0 radical (unpaired) electrons. The highest BCUT2D eigenvalue weighted by molar-refractivity contribution is 5.82. The minimum Gasteiger partial charge on any atom is -0.389 e.